The van der Waals surface area contributed by atoms with E-state index in [1.54, 1.807) is 60.7 Å². The molecule has 10 heteroatoms. The number of fused-ring (bicyclic) bond motifs is 1. The highest BCUT2D eigenvalue weighted by Crippen LogP contribution is 2.48. The minimum Gasteiger partial charge on any atom is -0.497 e. The van der Waals surface area contributed by atoms with Gasteiger partial charge in [0.05, 0.1) is 25.8 Å². The van der Waals surface area contributed by atoms with Crippen molar-refractivity contribution in [3.05, 3.63) is 83.9 Å². The SMILES string of the molecule is CCOC(CN1C(=O)C(CC(=O)Nc2ccc(C)cc2)(N(C(N)=O)c2ccc(OC)cc2)c2ccccc21)OCC. The molecular weight excluding hydrogens is 524 g/mol. The maximum atomic E-state index is 14.7. The van der Waals surface area contributed by atoms with Crippen molar-refractivity contribution in [2.24, 2.45) is 5.73 Å². The summed E-state index contributed by atoms with van der Waals surface area (Å²) in [4.78, 5) is 44.3. The molecule has 0 saturated heterocycles. The monoisotopic (exact) mass is 560 g/mol. The molecule has 10 nitrogen and oxygen atoms in total. The van der Waals surface area contributed by atoms with Gasteiger partial charge in [-0.25, -0.2) is 4.79 Å². The number of rotatable bonds is 12. The minimum atomic E-state index is -1.80. The Labute approximate surface area is 240 Å². The van der Waals surface area contributed by atoms with E-state index in [1.807, 2.05) is 32.9 Å². The first-order chi connectivity index (χ1) is 19.7. The van der Waals surface area contributed by atoms with Crippen molar-refractivity contribution in [1.29, 1.82) is 0 Å². The first-order valence-corrected chi connectivity index (χ1v) is 13.5. The van der Waals surface area contributed by atoms with Gasteiger partial charge in [-0.3, -0.25) is 14.5 Å². The largest absolute Gasteiger partial charge is 0.497 e. The first-order valence-electron chi connectivity index (χ1n) is 13.5. The Hall–Kier alpha value is -4.41. The number of ether oxygens (including phenoxy) is 3. The van der Waals surface area contributed by atoms with Gasteiger partial charge in [-0.05, 0) is 63.2 Å². The molecule has 0 aromatic heterocycles. The van der Waals surface area contributed by atoms with Crippen molar-refractivity contribution >= 4 is 34.9 Å². The molecular formula is C31H36N4O6. The lowest BCUT2D eigenvalue weighted by Gasteiger charge is -2.39. The van der Waals surface area contributed by atoms with Crippen molar-refractivity contribution in [3.63, 3.8) is 0 Å². The van der Waals surface area contributed by atoms with E-state index in [4.69, 9.17) is 19.9 Å². The van der Waals surface area contributed by atoms with Crippen LogP contribution in [0.15, 0.2) is 72.8 Å². The number of primary amides is 1. The summed E-state index contributed by atoms with van der Waals surface area (Å²) in [6.07, 6.45) is -1.11. The third kappa shape index (κ3) is 6.03. The van der Waals surface area contributed by atoms with E-state index < -0.39 is 36.1 Å². The summed E-state index contributed by atoms with van der Waals surface area (Å²) in [6, 6.07) is 20.1. The Bertz CT molecular complexity index is 1370. The zero-order valence-electron chi connectivity index (χ0n) is 23.8. The number of para-hydroxylation sites is 1. The lowest BCUT2D eigenvalue weighted by Crippen LogP contribution is -2.59. The number of nitrogens with zero attached hydrogens (tertiary/aromatic N) is 2. The molecule has 3 aromatic carbocycles. The van der Waals surface area contributed by atoms with Crippen LogP contribution in [0.25, 0.3) is 0 Å². The molecule has 216 valence electrons. The second-order valence-corrected chi connectivity index (χ2v) is 9.60. The Morgan fingerprint density at radius 2 is 1.61 bits per heavy atom. The summed E-state index contributed by atoms with van der Waals surface area (Å²) in [6.45, 7) is 6.41. The fourth-order valence-electron chi connectivity index (χ4n) is 5.17. The van der Waals surface area contributed by atoms with Gasteiger partial charge in [-0.15, -0.1) is 0 Å². The predicted octanol–water partition coefficient (Wildman–Crippen LogP) is 4.56. The average Bonchev–Trinajstić information content (AvgIpc) is 3.18. The molecule has 1 aliphatic rings. The highest BCUT2D eigenvalue weighted by molar-refractivity contribution is 6.16. The average molecular weight is 561 g/mol. The van der Waals surface area contributed by atoms with Crippen LogP contribution >= 0.6 is 0 Å². The molecule has 1 aliphatic heterocycles. The zero-order valence-corrected chi connectivity index (χ0v) is 23.8. The summed E-state index contributed by atoms with van der Waals surface area (Å²) < 4.78 is 16.8. The van der Waals surface area contributed by atoms with Crippen LogP contribution in [0, 0.1) is 6.92 Å². The predicted molar refractivity (Wildman–Crippen MR) is 157 cm³/mol. The van der Waals surface area contributed by atoms with Crippen LogP contribution in [0.4, 0.5) is 21.9 Å². The Kier molecular flexibility index (Phi) is 9.26. The van der Waals surface area contributed by atoms with Crippen molar-refractivity contribution in [2.45, 2.75) is 39.0 Å². The third-order valence-corrected chi connectivity index (χ3v) is 6.96. The summed E-state index contributed by atoms with van der Waals surface area (Å²) in [5.41, 5.74) is 7.14. The molecule has 1 heterocycles. The molecule has 3 N–H and O–H groups in total. The van der Waals surface area contributed by atoms with Gasteiger partial charge < -0.3 is 30.2 Å². The molecule has 0 radical (unpaired) electrons. The van der Waals surface area contributed by atoms with Crippen molar-refractivity contribution in [2.75, 3.05) is 42.0 Å². The molecule has 1 unspecified atom stereocenters. The number of carbonyl (C=O) groups excluding carboxylic acids is 3. The summed E-state index contributed by atoms with van der Waals surface area (Å²) in [7, 11) is 1.53. The number of nitrogens with two attached hydrogens (primary N) is 1. The maximum absolute atomic E-state index is 14.7. The van der Waals surface area contributed by atoms with Gasteiger partial charge in [0.1, 0.15) is 5.75 Å². The van der Waals surface area contributed by atoms with Crippen molar-refractivity contribution in [3.8, 4) is 5.75 Å². The van der Waals surface area contributed by atoms with E-state index in [2.05, 4.69) is 5.32 Å². The topological polar surface area (TPSA) is 123 Å². The maximum Gasteiger partial charge on any atom is 0.320 e. The van der Waals surface area contributed by atoms with Crippen LogP contribution in [0.1, 0.15) is 31.4 Å². The molecule has 41 heavy (non-hydrogen) atoms. The molecule has 0 saturated carbocycles. The summed E-state index contributed by atoms with van der Waals surface area (Å²) in [5.74, 6) is -0.415. The lowest BCUT2D eigenvalue weighted by molar-refractivity contribution is -0.137. The fourth-order valence-corrected chi connectivity index (χ4v) is 5.17. The fraction of sp³-hybridized carbons (Fsp3) is 0.323. The van der Waals surface area contributed by atoms with Gasteiger partial charge in [-0.2, -0.15) is 0 Å². The van der Waals surface area contributed by atoms with E-state index >= 15 is 0 Å². The van der Waals surface area contributed by atoms with Crippen LogP contribution in [0.2, 0.25) is 0 Å². The van der Waals surface area contributed by atoms with Crippen LogP contribution in [0.5, 0.6) is 5.75 Å². The van der Waals surface area contributed by atoms with Crippen LogP contribution in [-0.4, -0.2) is 51.0 Å². The van der Waals surface area contributed by atoms with E-state index in [0.29, 0.717) is 41.6 Å². The molecule has 1 atom stereocenters. The van der Waals surface area contributed by atoms with Gasteiger partial charge >= 0.3 is 6.03 Å². The Balaban J connectivity index is 1.86. The number of hydrogen-bond donors (Lipinski definition) is 2. The number of urea groups is 1. The number of anilines is 3. The Morgan fingerprint density at radius 3 is 2.20 bits per heavy atom. The second-order valence-electron chi connectivity index (χ2n) is 9.60. The zero-order chi connectivity index (χ0) is 29.6. The highest BCUT2D eigenvalue weighted by Gasteiger charge is 2.58. The quantitative estimate of drug-likeness (QED) is 0.313. The molecule has 3 aromatic rings. The van der Waals surface area contributed by atoms with Gasteiger partial charge in [0.15, 0.2) is 11.8 Å². The Morgan fingerprint density at radius 1 is 0.976 bits per heavy atom. The second kappa shape index (κ2) is 12.8. The molecule has 0 aliphatic carbocycles. The van der Waals surface area contributed by atoms with Crippen molar-refractivity contribution < 1.29 is 28.6 Å². The lowest BCUT2D eigenvalue weighted by atomic mass is 9.84. The normalized spacial score (nSPS) is 16.0. The third-order valence-electron chi connectivity index (χ3n) is 6.96. The van der Waals surface area contributed by atoms with Gasteiger partial charge in [0.2, 0.25) is 5.91 Å². The summed E-state index contributed by atoms with van der Waals surface area (Å²) in [5, 5.41) is 2.87. The van der Waals surface area contributed by atoms with Crippen LogP contribution in [0.3, 0.4) is 0 Å². The van der Waals surface area contributed by atoms with E-state index in [1.165, 1.54) is 16.9 Å². The number of nitrogens with one attached hydrogen (secondary N) is 1. The van der Waals surface area contributed by atoms with Crippen LogP contribution < -0.4 is 25.6 Å². The van der Waals surface area contributed by atoms with Crippen LogP contribution in [-0.2, 0) is 24.6 Å². The number of benzene rings is 3. The number of hydrogen-bond acceptors (Lipinski definition) is 6. The minimum absolute atomic E-state index is 0.0497. The number of amides is 4. The molecule has 4 amide bonds. The molecule has 0 fully saturated rings. The standard InChI is InChI=1S/C31H36N4O6/c1-5-40-28(41-6-2)20-34-26-10-8-7-9-25(26)31(29(34)37,19-27(36)33-22-13-11-21(3)12-14-22)35(30(32)38)23-15-17-24(39-4)18-16-23/h7-18,28H,5-6,19-20H2,1-4H3,(H2,32,38)(H,33,36). The number of aryl methyl sites for hydroxylation is 1. The van der Waals surface area contributed by atoms with E-state index in [-0.39, 0.29) is 6.54 Å². The highest BCUT2D eigenvalue weighted by atomic mass is 16.7. The number of carbonyl (C=O) groups is 3. The molecule has 0 spiro atoms. The van der Waals surface area contributed by atoms with E-state index in [0.717, 1.165) is 5.56 Å². The van der Waals surface area contributed by atoms with Crippen molar-refractivity contribution in [1.82, 2.24) is 0 Å². The number of methoxy groups -OCH3 is 1. The summed E-state index contributed by atoms with van der Waals surface area (Å²) >= 11 is 0. The van der Waals surface area contributed by atoms with Gasteiger partial charge in [0, 0.05) is 30.2 Å². The first kappa shape index (κ1) is 29.6. The van der Waals surface area contributed by atoms with Gasteiger partial charge in [-0.1, -0.05) is 35.9 Å². The van der Waals surface area contributed by atoms with E-state index in [9.17, 15) is 14.4 Å². The van der Waals surface area contributed by atoms with Gasteiger partial charge in [0.25, 0.3) is 5.91 Å². The molecule has 0 bridgehead atoms. The smallest absolute Gasteiger partial charge is 0.320 e. The molecule has 4 rings (SSSR count).